The van der Waals surface area contributed by atoms with Crippen LogP contribution in [0.3, 0.4) is 0 Å². The molecule has 0 radical (unpaired) electrons. The highest BCUT2D eigenvalue weighted by atomic mass is 19.3. The Balaban J connectivity index is 2.18. The van der Waals surface area contributed by atoms with E-state index in [4.69, 9.17) is 5.73 Å². The molecule has 3 heterocycles. The number of pyridine rings is 1. The van der Waals surface area contributed by atoms with Gasteiger partial charge in [0.05, 0.1) is 17.9 Å². The average Bonchev–Trinajstić information content (AvgIpc) is 2.86. The van der Waals surface area contributed by atoms with E-state index in [-0.39, 0.29) is 0 Å². The monoisotopic (exact) mass is 344 g/mol. The van der Waals surface area contributed by atoms with Crippen LogP contribution in [-0.2, 0) is 6.54 Å². The Bertz CT molecular complexity index is 941. The number of nitrogen functional groups attached to an aromatic ring is 1. The molecule has 25 heavy (non-hydrogen) atoms. The number of allylic oxidation sites excluding steroid dienone is 1. The highest BCUT2D eigenvalue weighted by Crippen LogP contribution is 2.29. The quantitative estimate of drug-likeness (QED) is 0.786. The topological polar surface area (TPSA) is 82.5 Å². The van der Waals surface area contributed by atoms with Crippen molar-refractivity contribution in [2.24, 2.45) is 0 Å². The highest BCUT2D eigenvalue weighted by molar-refractivity contribution is 5.86. The second-order valence-electron chi connectivity index (χ2n) is 5.62. The number of aryl methyl sites for hydroxylation is 2. The van der Waals surface area contributed by atoms with E-state index in [1.54, 1.807) is 19.1 Å². The maximum Gasteiger partial charge on any atom is 0.256 e. The zero-order chi connectivity index (χ0) is 18.1. The minimum atomic E-state index is -2.48. The molecule has 0 unspecified atom stereocenters. The van der Waals surface area contributed by atoms with Gasteiger partial charge in [0.15, 0.2) is 5.65 Å². The zero-order valence-corrected chi connectivity index (χ0v) is 14.2. The van der Waals surface area contributed by atoms with Gasteiger partial charge in [-0.15, -0.1) is 0 Å². The zero-order valence-electron chi connectivity index (χ0n) is 14.2. The van der Waals surface area contributed by atoms with Gasteiger partial charge >= 0.3 is 0 Å². The largest absolute Gasteiger partial charge is 0.383 e. The molecule has 0 aliphatic carbocycles. The van der Waals surface area contributed by atoms with E-state index in [0.717, 1.165) is 11.3 Å². The minimum Gasteiger partial charge on any atom is -0.383 e. The molecule has 8 heteroatoms. The van der Waals surface area contributed by atoms with E-state index in [0.29, 0.717) is 34.1 Å². The smallest absolute Gasteiger partial charge is 0.256 e. The highest BCUT2D eigenvalue weighted by Gasteiger charge is 2.17. The summed E-state index contributed by atoms with van der Waals surface area (Å²) in [5.41, 5.74) is 9.77. The predicted octanol–water partition coefficient (Wildman–Crippen LogP) is 3.14. The van der Waals surface area contributed by atoms with Gasteiger partial charge < -0.3 is 10.3 Å². The van der Waals surface area contributed by atoms with Gasteiger partial charge in [0.2, 0.25) is 0 Å². The van der Waals surface area contributed by atoms with Crippen LogP contribution >= 0.6 is 0 Å². The summed E-state index contributed by atoms with van der Waals surface area (Å²) in [5.74, 6) is 0.848. The summed E-state index contributed by atoms with van der Waals surface area (Å²) in [6.07, 6.45) is 0.777. The maximum absolute atomic E-state index is 12.9. The molecular formula is C17H18F2N6. The Morgan fingerprint density at radius 3 is 2.64 bits per heavy atom. The fourth-order valence-corrected chi connectivity index (χ4v) is 2.87. The molecule has 0 aromatic carbocycles. The van der Waals surface area contributed by atoms with Crippen molar-refractivity contribution in [3.8, 4) is 0 Å². The number of imidazole rings is 1. The Morgan fingerprint density at radius 1 is 1.24 bits per heavy atom. The van der Waals surface area contributed by atoms with Crippen molar-refractivity contribution in [3.05, 3.63) is 47.3 Å². The number of fused-ring (bicyclic) bond motifs is 1. The van der Waals surface area contributed by atoms with Crippen molar-refractivity contribution in [3.63, 3.8) is 0 Å². The van der Waals surface area contributed by atoms with Gasteiger partial charge in [-0.3, -0.25) is 0 Å². The Hall–Kier alpha value is -2.90. The van der Waals surface area contributed by atoms with Gasteiger partial charge in [-0.1, -0.05) is 6.08 Å². The molecule has 3 aromatic rings. The molecule has 0 aliphatic rings. The van der Waals surface area contributed by atoms with E-state index in [2.05, 4.69) is 19.9 Å². The van der Waals surface area contributed by atoms with Crippen LogP contribution in [0.15, 0.2) is 24.5 Å². The molecule has 0 atom stereocenters. The van der Waals surface area contributed by atoms with Crippen molar-refractivity contribution in [1.29, 1.82) is 0 Å². The molecule has 0 bridgehead atoms. The summed E-state index contributed by atoms with van der Waals surface area (Å²) in [5, 5.41) is 0. The van der Waals surface area contributed by atoms with Crippen LogP contribution in [-0.4, -0.2) is 30.9 Å². The second-order valence-corrected chi connectivity index (χ2v) is 5.62. The van der Waals surface area contributed by atoms with E-state index < -0.39 is 13.0 Å². The molecule has 0 amide bonds. The van der Waals surface area contributed by atoms with Crippen molar-refractivity contribution in [1.82, 2.24) is 24.5 Å². The van der Waals surface area contributed by atoms with Gasteiger partial charge in [-0.2, -0.15) is 0 Å². The molecule has 3 rings (SSSR count). The molecule has 0 saturated carbocycles. The first-order valence-electron chi connectivity index (χ1n) is 7.78. The summed E-state index contributed by atoms with van der Waals surface area (Å²) in [7, 11) is 0. The van der Waals surface area contributed by atoms with E-state index in [1.165, 1.54) is 10.9 Å². The van der Waals surface area contributed by atoms with Crippen LogP contribution in [0.5, 0.6) is 0 Å². The lowest BCUT2D eigenvalue weighted by molar-refractivity contribution is 0.127. The van der Waals surface area contributed by atoms with Crippen molar-refractivity contribution < 1.29 is 8.78 Å². The third-order valence-corrected chi connectivity index (χ3v) is 4.00. The van der Waals surface area contributed by atoms with Crippen LogP contribution in [0, 0.1) is 13.8 Å². The number of halogens is 2. The first kappa shape index (κ1) is 16.9. The number of hydrogen-bond acceptors (Lipinski definition) is 5. The number of alkyl halides is 2. The first-order chi connectivity index (χ1) is 11.9. The molecule has 0 fully saturated rings. The second kappa shape index (κ2) is 6.54. The van der Waals surface area contributed by atoms with Crippen molar-refractivity contribution >= 4 is 22.6 Å². The predicted molar refractivity (Wildman–Crippen MR) is 92.2 cm³/mol. The number of nitrogens with zero attached hydrogens (tertiary/aromatic N) is 5. The number of rotatable bonds is 4. The minimum absolute atomic E-state index is 0.347. The summed E-state index contributed by atoms with van der Waals surface area (Å²) in [6.45, 7) is 4.93. The Kier molecular flexibility index (Phi) is 4.43. The lowest BCUT2D eigenvalue weighted by atomic mass is 10.0. The summed E-state index contributed by atoms with van der Waals surface area (Å²) in [4.78, 5) is 17.1. The fourth-order valence-electron chi connectivity index (χ4n) is 2.87. The van der Waals surface area contributed by atoms with Crippen LogP contribution in [0.25, 0.3) is 16.7 Å². The lowest BCUT2D eigenvalue weighted by Crippen LogP contribution is -2.09. The van der Waals surface area contributed by atoms with E-state index >= 15 is 0 Å². The number of hydrogen-bond donors (Lipinski definition) is 1. The Morgan fingerprint density at radius 2 is 2.00 bits per heavy atom. The van der Waals surface area contributed by atoms with E-state index in [9.17, 15) is 8.78 Å². The van der Waals surface area contributed by atoms with Gasteiger partial charge in [0.25, 0.3) is 6.43 Å². The summed E-state index contributed by atoms with van der Waals surface area (Å²) < 4.78 is 27.2. The normalized spacial score (nSPS) is 12.3. The third kappa shape index (κ3) is 3.07. The standard InChI is InChI=1S/C17H18F2N6/c1-4-11(15-9(2)21-8-22-16(15)20)12-5-6-13-17(24-12)25(7-14(18)19)10(3)23-13/h4-6,8,14H,7H2,1-3H3,(H2,20,21,22)/b11-4-. The maximum atomic E-state index is 12.9. The van der Waals surface area contributed by atoms with Crippen LogP contribution < -0.4 is 5.73 Å². The fraction of sp³-hybridized carbons (Fsp3) is 0.294. The number of aromatic nitrogens is 5. The van der Waals surface area contributed by atoms with Crippen LogP contribution in [0.1, 0.15) is 29.7 Å². The summed E-state index contributed by atoms with van der Waals surface area (Å²) in [6, 6.07) is 3.56. The third-order valence-electron chi connectivity index (χ3n) is 4.00. The molecule has 130 valence electrons. The molecule has 2 N–H and O–H groups in total. The molecule has 0 aliphatic heterocycles. The van der Waals surface area contributed by atoms with Crippen LogP contribution in [0.4, 0.5) is 14.6 Å². The number of nitrogens with two attached hydrogens (primary N) is 1. The number of anilines is 1. The van der Waals surface area contributed by atoms with Gasteiger partial charge in [-0.25, -0.2) is 28.7 Å². The molecule has 3 aromatic heterocycles. The van der Waals surface area contributed by atoms with Crippen molar-refractivity contribution in [2.45, 2.75) is 33.7 Å². The van der Waals surface area contributed by atoms with Gasteiger partial charge in [0, 0.05) is 11.1 Å². The van der Waals surface area contributed by atoms with Crippen molar-refractivity contribution in [2.75, 3.05) is 5.73 Å². The molecule has 6 nitrogen and oxygen atoms in total. The van der Waals surface area contributed by atoms with Gasteiger partial charge in [-0.05, 0) is 32.9 Å². The van der Waals surface area contributed by atoms with Crippen LogP contribution in [0.2, 0.25) is 0 Å². The Labute approximate surface area is 143 Å². The lowest BCUT2D eigenvalue weighted by Gasteiger charge is -2.12. The molecule has 0 saturated heterocycles. The first-order valence-corrected chi connectivity index (χ1v) is 7.78. The van der Waals surface area contributed by atoms with E-state index in [1.807, 2.05) is 19.9 Å². The van der Waals surface area contributed by atoms with Gasteiger partial charge in [0.1, 0.15) is 23.5 Å². The molecular weight excluding hydrogens is 326 g/mol. The summed E-state index contributed by atoms with van der Waals surface area (Å²) >= 11 is 0. The average molecular weight is 344 g/mol. The molecule has 0 spiro atoms. The SMILES string of the molecule is C/C=C(/c1ccc2nc(C)n(CC(F)F)c2n1)c1c(C)ncnc1N.